The molecule has 1 aliphatic carbocycles. The van der Waals surface area contributed by atoms with Crippen LogP contribution in [0.5, 0.6) is 0 Å². The van der Waals surface area contributed by atoms with Crippen molar-refractivity contribution in [1.82, 2.24) is 39.8 Å². The lowest BCUT2D eigenvalue weighted by molar-refractivity contribution is -0.115. The minimum Gasteiger partial charge on any atom is -0.367 e. The average molecular weight is 442 g/mol. The number of hydrogen-bond acceptors (Lipinski definition) is 8. The van der Waals surface area contributed by atoms with Crippen LogP contribution in [-0.2, 0) is 4.79 Å². The molecule has 0 atom stereocenters. The maximum Gasteiger partial charge on any atom is 0.326 e. The summed E-state index contributed by atoms with van der Waals surface area (Å²) in [6, 6.07) is 5.48. The van der Waals surface area contributed by atoms with Crippen molar-refractivity contribution >= 4 is 41.1 Å². The number of carbonyl (C=O) groups is 2. The van der Waals surface area contributed by atoms with E-state index in [9.17, 15) is 9.59 Å². The first-order valence-electron chi connectivity index (χ1n) is 10.3. The van der Waals surface area contributed by atoms with Crippen LogP contribution < -0.4 is 21.3 Å². The van der Waals surface area contributed by atoms with Crippen molar-refractivity contribution in [1.29, 1.82) is 0 Å². The van der Waals surface area contributed by atoms with Gasteiger partial charge in [0.15, 0.2) is 5.65 Å². The fourth-order valence-electron chi connectivity index (χ4n) is 3.48. The van der Waals surface area contributed by atoms with E-state index in [4.69, 9.17) is 0 Å². The molecule has 33 heavy (non-hydrogen) atoms. The second-order valence-corrected chi connectivity index (χ2v) is 7.74. The standard InChI is InChI=1S/C21H18N10O2/c32-20-15(26-21(33)29-20)7-12-9-24-31-18(25-13-1-2-13)8-17(28-19(12)31)27-16-4-3-14(10-23-16)30-6-5-22-11-30/h3-11,13,25H,1-2H2,(H,23,27,28)(H2,26,29,32,33)/b15-7-. The molecule has 1 saturated heterocycles. The molecule has 5 heterocycles. The van der Waals surface area contributed by atoms with Crippen LogP contribution in [0.4, 0.5) is 22.2 Å². The van der Waals surface area contributed by atoms with E-state index in [1.54, 1.807) is 35.5 Å². The van der Waals surface area contributed by atoms with Crippen molar-refractivity contribution in [3.8, 4) is 5.69 Å². The molecule has 12 heteroatoms. The van der Waals surface area contributed by atoms with Crippen LogP contribution >= 0.6 is 0 Å². The molecule has 6 rings (SSSR count). The highest BCUT2D eigenvalue weighted by Gasteiger charge is 2.25. The smallest absolute Gasteiger partial charge is 0.326 e. The number of amides is 3. The Balaban J connectivity index is 1.35. The number of hydrogen-bond donors (Lipinski definition) is 4. The van der Waals surface area contributed by atoms with Crippen molar-refractivity contribution < 1.29 is 9.59 Å². The van der Waals surface area contributed by atoms with Crippen molar-refractivity contribution in [2.24, 2.45) is 0 Å². The molecule has 4 N–H and O–H groups in total. The van der Waals surface area contributed by atoms with Gasteiger partial charge in [-0.05, 0) is 31.1 Å². The molecule has 4 aromatic rings. The monoisotopic (exact) mass is 442 g/mol. The molecule has 1 aliphatic heterocycles. The second-order valence-electron chi connectivity index (χ2n) is 7.74. The predicted molar refractivity (Wildman–Crippen MR) is 119 cm³/mol. The molecule has 2 aliphatic rings. The van der Waals surface area contributed by atoms with Crippen molar-refractivity contribution in [3.63, 3.8) is 0 Å². The Morgan fingerprint density at radius 2 is 2.03 bits per heavy atom. The molecule has 0 bridgehead atoms. The van der Waals surface area contributed by atoms with Crippen LogP contribution in [0.15, 0.2) is 55.0 Å². The molecule has 3 amide bonds. The number of urea groups is 1. The van der Waals surface area contributed by atoms with Crippen molar-refractivity contribution in [3.05, 3.63) is 60.6 Å². The van der Waals surface area contributed by atoms with E-state index in [2.05, 4.69) is 41.3 Å². The number of carbonyl (C=O) groups excluding carboxylic acids is 2. The van der Waals surface area contributed by atoms with E-state index >= 15 is 0 Å². The maximum absolute atomic E-state index is 11.9. The number of anilines is 3. The highest BCUT2D eigenvalue weighted by atomic mass is 16.2. The average Bonchev–Trinajstić information content (AvgIpc) is 3.17. The Hall–Kier alpha value is -4.74. The van der Waals surface area contributed by atoms with Gasteiger partial charge in [0.1, 0.15) is 23.2 Å². The summed E-state index contributed by atoms with van der Waals surface area (Å²) in [5.41, 5.74) is 2.15. The number of imidazole rings is 1. The topological polar surface area (TPSA) is 143 Å². The fourth-order valence-corrected chi connectivity index (χ4v) is 3.48. The molecule has 0 aromatic carbocycles. The first-order valence-corrected chi connectivity index (χ1v) is 10.3. The van der Waals surface area contributed by atoms with Gasteiger partial charge in [0.2, 0.25) is 0 Å². The molecule has 164 valence electrons. The lowest BCUT2D eigenvalue weighted by Gasteiger charge is -2.11. The first-order chi connectivity index (χ1) is 16.1. The third kappa shape index (κ3) is 3.73. The predicted octanol–water partition coefficient (Wildman–Crippen LogP) is 1.81. The summed E-state index contributed by atoms with van der Waals surface area (Å²) < 4.78 is 3.54. The zero-order chi connectivity index (χ0) is 22.4. The summed E-state index contributed by atoms with van der Waals surface area (Å²) in [4.78, 5) is 36.6. The number of fused-ring (bicyclic) bond motifs is 1. The molecule has 0 radical (unpaired) electrons. The minimum absolute atomic E-state index is 0.142. The van der Waals surface area contributed by atoms with Gasteiger partial charge in [0.25, 0.3) is 5.91 Å². The van der Waals surface area contributed by atoms with E-state index < -0.39 is 11.9 Å². The Morgan fingerprint density at radius 3 is 2.73 bits per heavy atom. The Morgan fingerprint density at radius 1 is 1.12 bits per heavy atom. The zero-order valence-corrected chi connectivity index (χ0v) is 17.2. The summed E-state index contributed by atoms with van der Waals surface area (Å²) in [6.07, 6.45) is 12.3. The van der Waals surface area contributed by atoms with Crippen LogP contribution in [-0.4, -0.2) is 47.1 Å². The highest BCUT2D eigenvalue weighted by molar-refractivity contribution is 6.14. The van der Waals surface area contributed by atoms with Crippen molar-refractivity contribution in [2.45, 2.75) is 18.9 Å². The lowest BCUT2D eigenvalue weighted by Crippen LogP contribution is -2.22. The molecular formula is C21H18N10O2. The van der Waals surface area contributed by atoms with E-state index in [-0.39, 0.29) is 5.70 Å². The van der Waals surface area contributed by atoms with Gasteiger partial charge in [0.05, 0.1) is 24.4 Å². The molecule has 2 fully saturated rings. The number of nitrogens with one attached hydrogen (secondary N) is 4. The Kier molecular flexibility index (Phi) is 4.28. The largest absolute Gasteiger partial charge is 0.367 e. The summed E-state index contributed by atoms with van der Waals surface area (Å²) in [5.74, 6) is 1.46. The summed E-state index contributed by atoms with van der Waals surface area (Å²) in [6.45, 7) is 0. The quantitative estimate of drug-likeness (QED) is 0.262. The zero-order valence-electron chi connectivity index (χ0n) is 17.2. The van der Waals surface area contributed by atoms with Gasteiger partial charge >= 0.3 is 6.03 Å². The number of aromatic nitrogens is 6. The Bertz CT molecular complexity index is 1400. The molecule has 0 spiro atoms. The van der Waals surface area contributed by atoms with E-state index in [1.807, 2.05) is 29.0 Å². The van der Waals surface area contributed by atoms with Crippen LogP contribution in [0.2, 0.25) is 0 Å². The molecule has 4 aromatic heterocycles. The normalized spacial score (nSPS) is 16.8. The number of pyridine rings is 1. The highest BCUT2D eigenvalue weighted by Crippen LogP contribution is 2.28. The number of rotatable bonds is 6. The molecule has 1 saturated carbocycles. The molecule has 0 unspecified atom stereocenters. The Labute approximate surface area is 186 Å². The van der Waals surface area contributed by atoms with Gasteiger partial charge in [-0.2, -0.15) is 9.61 Å². The van der Waals surface area contributed by atoms with Gasteiger partial charge in [0, 0.05) is 30.1 Å². The minimum atomic E-state index is -0.556. The third-order valence-corrected chi connectivity index (χ3v) is 5.25. The van der Waals surface area contributed by atoms with Gasteiger partial charge in [-0.25, -0.2) is 19.7 Å². The summed E-state index contributed by atoms with van der Waals surface area (Å²) >= 11 is 0. The SMILES string of the molecule is O=C1NC(=O)/C(=C/c2cnn3c(NC4CC4)cc(Nc4ccc(-n5ccnc5)cn4)nc23)N1. The maximum atomic E-state index is 11.9. The van der Waals surface area contributed by atoms with Crippen LogP contribution in [0, 0.1) is 0 Å². The van der Waals surface area contributed by atoms with E-state index in [0.717, 1.165) is 24.3 Å². The summed E-state index contributed by atoms with van der Waals surface area (Å²) in [5, 5.41) is 15.8. The van der Waals surface area contributed by atoms with Crippen LogP contribution in [0.1, 0.15) is 18.4 Å². The van der Waals surface area contributed by atoms with Crippen LogP contribution in [0.25, 0.3) is 17.4 Å². The van der Waals surface area contributed by atoms with Gasteiger partial charge in [-0.1, -0.05) is 0 Å². The van der Waals surface area contributed by atoms with Crippen LogP contribution in [0.3, 0.4) is 0 Å². The first kappa shape index (κ1) is 19.0. The molecule has 12 nitrogen and oxygen atoms in total. The van der Waals surface area contributed by atoms with E-state index in [1.165, 1.54) is 0 Å². The van der Waals surface area contributed by atoms with E-state index in [0.29, 0.717) is 28.9 Å². The molecular weight excluding hydrogens is 424 g/mol. The lowest BCUT2D eigenvalue weighted by atomic mass is 10.2. The van der Waals surface area contributed by atoms with Gasteiger partial charge in [-0.3, -0.25) is 10.1 Å². The number of nitrogens with zero attached hydrogens (tertiary/aromatic N) is 6. The second kappa shape index (κ2) is 7.44. The third-order valence-electron chi connectivity index (χ3n) is 5.25. The van der Waals surface area contributed by atoms with Crippen molar-refractivity contribution in [2.75, 3.05) is 10.6 Å². The number of imide groups is 1. The van der Waals surface area contributed by atoms with Gasteiger partial charge in [-0.15, -0.1) is 0 Å². The fraction of sp³-hybridized carbons (Fsp3) is 0.143. The van der Waals surface area contributed by atoms with Gasteiger partial charge < -0.3 is 20.5 Å². The summed E-state index contributed by atoms with van der Waals surface area (Å²) in [7, 11) is 0.